The largest absolute Gasteiger partial charge is 0.484 e. The first-order valence-electron chi connectivity index (χ1n) is 5.78. The predicted molar refractivity (Wildman–Crippen MR) is 78.2 cm³/mol. The van der Waals surface area contributed by atoms with E-state index in [4.69, 9.17) is 9.15 Å². The zero-order chi connectivity index (χ0) is 13.9. The summed E-state index contributed by atoms with van der Waals surface area (Å²) in [6, 6.07) is 8.50. The highest BCUT2D eigenvalue weighted by Gasteiger charge is 2.09. The lowest BCUT2D eigenvalue weighted by Gasteiger charge is -2.05. The van der Waals surface area contributed by atoms with Gasteiger partial charge in [0.25, 0.3) is 0 Å². The maximum Gasteiger partial charge on any atom is 0.236 e. The van der Waals surface area contributed by atoms with Crippen LogP contribution < -0.4 is 4.74 Å². The molecule has 20 heavy (non-hydrogen) atoms. The Hall–Kier alpha value is -1.66. The summed E-state index contributed by atoms with van der Waals surface area (Å²) in [7, 11) is 0. The molecule has 3 nitrogen and oxygen atoms in total. The van der Waals surface area contributed by atoms with Crippen LogP contribution in [0, 0.1) is 5.82 Å². The van der Waals surface area contributed by atoms with Gasteiger partial charge in [-0.3, -0.25) is 0 Å². The number of aromatic nitrogens is 1. The molecule has 0 bridgehead atoms. The van der Waals surface area contributed by atoms with Gasteiger partial charge in [0, 0.05) is 4.47 Å². The molecule has 0 aliphatic heterocycles. The number of ether oxygens (including phenoxy) is 1. The third-order valence-corrected chi connectivity index (χ3v) is 3.90. The first-order valence-corrected chi connectivity index (χ1v) is 7.46. The summed E-state index contributed by atoms with van der Waals surface area (Å²) in [6.45, 7) is 0.160. The Morgan fingerprint density at radius 2 is 2.25 bits per heavy atom. The van der Waals surface area contributed by atoms with Gasteiger partial charge in [-0.25, -0.2) is 9.37 Å². The van der Waals surface area contributed by atoms with Crippen LogP contribution in [0.25, 0.3) is 10.8 Å². The molecular formula is C14H9BrFNO2S. The third-order valence-electron chi connectivity index (χ3n) is 2.55. The lowest BCUT2D eigenvalue weighted by molar-refractivity contribution is 0.285. The summed E-state index contributed by atoms with van der Waals surface area (Å²) < 4.78 is 25.0. The van der Waals surface area contributed by atoms with Crippen molar-refractivity contribution in [3.05, 3.63) is 58.0 Å². The van der Waals surface area contributed by atoms with Crippen molar-refractivity contribution in [1.82, 2.24) is 4.98 Å². The van der Waals surface area contributed by atoms with Crippen LogP contribution in [0.4, 0.5) is 4.39 Å². The zero-order valence-corrected chi connectivity index (χ0v) is 12.6. The van der Waals surface area contributed by atoms with E-state index < -0.39 is 5.82 Å². The molecule has 102 valence electrons. The molecule has 0 saturated carbocycles. The van der Waals surface area contributed by atoms with Crippen molar-refractivity contribution in [3.8, 4) is 16.5 Å². The quantitative estimate of drug-likeness (QED) is 0.670. The number of nitrogens with zero attached hydrogens (tertiary/aromatic N) is 1. The highest BCUT2D eigenvalue weighted by Crippen LogP contribution is 2.25. The SMILES string of the molecule is Fc1cc(Br)ccc1OCc1coc(-c2cccs2)n1. The minimum Gasteiger partial charge on any atom is -0.484 e. The zero-order valence-electron chi connectivity index (χ0n) is 10.2. The van der Waals surface area contributed by atoms with Crippen molar-refractivity contribution in [2.45, 2.75) is 6.61 Å². The van der Waals surface area contributed by atoms with Gasteiger partial charge in [-0.2, -0.15) is 0 Å². The molecule has 0 atom stereocenters. The maximum absolute atomic E-state index is 13.6. The predicted octanol–water partition coefficient (Wildman–Crippen LogP) is 4.88. The average Bonchev–Trinajstić information content (AvgIpc) is 3.08. The summed E-state index contributed by atoms with van der Waals surface area (Å²) in [5, 5.41) is 1.95. The average molecular weight is 354 g/mol. The molecule has 0 saturated heterocycles. The number of oxazole rings is 1. The minimum absolute atomic E-state index is 0.160. The molecule has 0 fully saturated rings. The van der Waals surface area contributed by atoms with Crippen molar-refractivity contribution < 1.29 is 13.5 Å². The van der Waals surface area contributed by atoms with Gasteiger partial charge in [0.1, 0.15) is 18.6 Å². The van der Waals surface area contributed by atoms with Crippen molar-refractivity contribution in [2.75, 3.05) is 0 Å². The second kappa shape index (κ2) is 5.76. The van der Waals surface area contributed by atoms with Crippen LogP contribution in [0.3, 0.4) is 0 Å². The fourth-order valence-electron chi connectivity index (χ4n) is 1.63. The minimum atomic E-state index is -0.415. The highest BCUT2D eigenvalue weighted by molar-refractivity contribution is 9.10. The van der Waals surface area contributed by atoms with E-state index in [0.29, 0.717) is 16.1 Å². The third kappa shape index (κ3) is 2.91. The van der Waals surface area contributed by atoms with Crippen LogP contribution in [-0.4, -0.2) is 4.98 Å². The van der Waals surface area contributed by atoms with Crippen LogP contribution in [0.1, 0.15) is 5.69 Å². The van der Waals surface area contributed by atoms with Gasteiger partial charge in [0.15, 0.2) is 11.6 Å². The van der Waals surface area contributed by atoms with E-state index >= 15 is 0 Å². The lowest BCUT2D eigenvalue weighted by atomic mass is 10.3. The lowest BCUT2D eigenvalue weighted by Crippen LogP contribution is -1.97. The smallest absolute Gasteiger partial charge is 0.236 e. The first-order chi connectivity index (χ1) is 9.72. The van der Waals surface area contributed by atoms with Crippen LogP contribution in [-0.2, 0) is 6.61 Å². The molecule has 0 N–H and O–H groups in total. The summed E-state index contributed by atoms with van der Waals surface area (Å²) >= 11 is 4.74. The number of thiophene rings is 1. The van der Waals surface area contributed by atoms with Crippen LogP contribution in [0.15, 0.2) is 50.9 Å². The van der Waals surface area contributed by atoms with Crippen LogP contribution in [0.5, 0.6) is 5.75 Å². The van der Waals surface area contributed by atoms with Crippen LogP contribution in [0.2, 0.25) is 0 Å². The van der Waals surface area contributed by atoms with Crippen molar-refractivity contribution in [1.29, 1.82) is 0 Å². The molecule has 6 heteroatoms. The van der Waals surface area contributed by atoms with E-state index in [-0.39, 0.29) is 12.4 Å². The van der Waals surface area contributed by atoms with Crippen molar-refractivity contribution >= 4 is 27.3 Å². The molecular weight excluding hydrogens is 345 g/mol. The Balaban J connectivity index is 1.70. The Labute approximate surface area is 127 Å². The molecule has 0 radical (unpaired) electrons. The molecule has 1 aromatic carbocycles. The second-order valence-corrected chi connectivity index (χ2v) is 5.85. The fraction of sp³-hybridized carbons (Fsp3) is 0.0714. The number of hydrogen-bond donors (Lipinski definition) is 0. The molecule has 0 aliphatic carbocycles. The Morgan fingerprint density at radius 1 is 1.35 bits per heavy atom. The van der Waals surface area contributed by atoms with E-state index in [0.717, 1.165) is 4.88 Å². The van der Waals surface area contributed by atoms with Gasteiger partial charge < -0.3 is 9.15 Å². The van der Waals surface area contributed by atoms with Crippen molar-refractivity contribution in [3.63, 3.8) is 0 Å². The normalized spacial score (nSPS) is 10.7. The Kier molecular flexibility index (Phi) is 3.84. The Morgan fingerprint density at radius 3 is 3.00 bits per heavy atom. The van der Waals surface area contributed by atoms with E-state index in [1.165, 1.54) is 12.3 Å². The van der Waals surface area contributed by atoms with Crippen LogP contribution >= 0.6 is 27.3 Å². The molecule has 3 rings (SSSR count). The number of rotatable bonds is 4. The molecule has 2 aromatic heterocycles. The molecule has 0 amide bonds. The Bertz CT molecular complexity index is 712. The van der Waals surface area contributed by atoms with Gasteiger partial charge in [-0.15, -0.1) is 11.3 Å². The number of halogens is 2. The number of benzene rings is 1. The van der Waals surface area contributed by atoms with Gasteiger partial charge >= 0.3 is 0 Å². The van der Waals surface area contributed by atoms with E-state index in [1.807, 2.05) is 17.5 Å². The van der Waals surface area contributed by atoms with Gasteiger partial charge in [0.05, 0.1) is 4.88 Å². The summed E-state index contributed by atoms with van der Waals surface area (Å²) in [5.41, 5.74) is 0.621. The highest BCUT2D eigenvalue weighted by atomic mass is 79.9. The van der Waals surface area contributed by atoms with Gasteiger partial charge in [-0.1, -0.05) is 22.0 Å². The first kappa shape index (κ1) is 13.3. The second-order valence-electron chi connectivity index (χ2n) is 3.98. The monoisotopic (exact) mass is 353 g/mol. The standard InChI is InChI=1S/C14H9BrFNO2S/c15-9-3-4-12(11(16)6-9)18-7-10-8-19-14(17-10)13-2-1-5-20-13/h1-6,8H,7H2. The number of hydrogen-bond acceptors (Lipinski definition) is 4. The summed E-state index contributed by atoms with van der Waals surface area (Å²) in [6.07, 6.45) is 1.52. The van der Waals surface area contributed by atoms with Gasteiger partial charge in [-0.05, 0) is 29.6 Å². The molecule has 0 unspecified atom stereocenters. The topological polar surface area (TPSA) is 35.3 Å². The molecule has 2 heterocycles. The summed E-state index contributed by atoms with van der Waals surface area (Å²) in [5.74, 6) is 0.324. The fourth-order valence-corrected chi connectivity index (χ4v) is 2.62. The molecule has 3 aromatic rings. The van der Waals surface area contributed by atoms with Gasteiger partial charge in [0.2, 0.25) is 5.89 Å². The van der Waals surface area contributed by atoms with Crippen molar-refractivity contribution in [2.24, 2.45) is 0 Å². The van der Waals surface area contributed by atoms with E-state index in [9.17, 15) is 4.39 Å². The molecule has 0 aliphatic rings. The summed E-state index contributed by atoms with van der Waals surface area (Å²) in [4.78, 5) is 5.25. The maximum atomic E-state index is 13.6. The molecule has 0 spiro atoms. The van der Waals surface area contributed by atoms with E-state index in [1.54, 1.807) is 23.5 Å². The van der Waals surface area contributed by atoms with E-state index in [2.05, 4.69) is 20.9 Å².